The third-order valence-electron chi connectivity index (χ3n) is 6.78. The van der Waals surface area contributed by atoms with Crippen LogP contribution in [0.2, 0.25) is 0 Å². The molecule has 1 aromatic carbocycles. The Hall–Kier alpha value is -3.40. The standard InChI is InChI=1S/C26H36N6O4/c1-5-20-25(35)31(4)21-15-27-26(30-23(21)32(20)16(2)3)29-19-11-10-17(14-22(19)36-13-12-33)24(34)28-18-8-6-7-9-18/h10-11,14-16,18,20,33H,5-9,12-13H2,1-4H3,(H,28,34)(H,27,29,30)/t20-/m1/s1. The van der Waals surface area contributed by atoms with Gasteiger partial charge in [-0.15, -0.1) is 0 Å². The third-order valence-corrected chi connectivity index (χ3v) is 6.78. The van der Waals surface area contributed by atoms with Crippen LogP contribution in [0.5, 0.6) is 5.75 Å². The molecule has 0 bridgehead atoms. The number of anilines is 4. The lowest BCUT2D eigenvalue weighted by molar-refractivity contribution is -0.120. The summed E-state index contributed by atoms with van der Waals surface area (Å²) in [6, 6.07) is 5.13. The van der Waals surface area contributed by atoms with E-state index in [1.54, 1.807) is 36.3 Å². The maximum Gasteiger partial charge on any atom is 0.251 e. The number of benzene rings is 1. The molecule has 4 rings (SSSR count). The molecule has 0 spiro atoms. The summed E-state index contributed by atoms with van der Waals surface area (Å²) < 4.78 is 5.75. The molecule has 2 aliphatic rings. The molecule has 1 aliphatic heterocycles. The molecule has 3 N–H and O–H groups in total. The molecule has 10 nitrogen and oxygen atoms in total. The van der Waals surface area contributed by atoms with E-state index in [0.29, 0.717) is 40.9 Å². The van der Waals surface area contributed by atoms with E-state index >= 15 is 0 Å². The first kappa shape index (κ1) is 25.7. The number of aromatic nitrogens is 2. The number of nitrogens with one attached hydrogen (secondary N) is 2. The molecule has 0 unspecified atom stereocenters. The van der Waals surface area contributed by atoms with Gasteiger partial charge in [0.25, 0.3) is 5.91 Å². The van der Waals surface area contributed by atoms with Gasteiger partial charge in [0.1, 0.15) is 24.1 Å². The van der Waals surface area contributed by atoms with E-state index in [2.05, 4.69) is 15.6 Å². The Morgan fingerprint density at radius 3 is 2.69 bits per heavy atom. The van der Waals surface area contributed by atoms with Gasteiger partial charge >= 0.3 is 0 Å². The van der Waals surface area contributed by atoms with Gasteiger partial charge in [-0.2, -0.15) is 4.98 Å². The number of fused-ring (bicyclic) bond motifs is 1. The monoisotopic (exact) mass is 496 g/mol. The molecule has 1 fully saturated rings. The molecule has 1 aromatic heterocycles. The van der Waals surface area contributed by atoms with Crippen LogP contribution < -0.4 is 25.2 Å². The topological polar surface area (TPSA) is 120 Å². The zero-order valence-corrected chi connectivity index (χ0v) is 21.5. The molecule has 10 heteroatoms. The van der Waals surface area contributed by atoms with Gasteiger partial charge < -0.3 is 30.3 Å². The summed E-state index contributed by atoms with van der Waals surface area (Å²) in [4.78, 5) is 38.5. The third kappa shape index (κ3) is 5.23. The Balaban J connectivity index is 1.62. The van der Waals surface area contributed by atoms with Gasteiger partial charge in [-0.25, -0.2) is 4.98 Å². The Morgan fingerprint density at radius 2 is 2.03 bits per heavy atom. The minimum Gasteiger partial charge on any atom is -0.489 e. The molecular formula is C26H36N6O4. The highest BCUT2D eigenvalue weighted by molar-refractivity contribution is 6.04. The number of aliphatic hydroxyl groups excluding tert-OH is 1. The Kier molecular flexibility index (Phi) is 7.93. The van der Waals surface area contributed by atoms with Crippen LogP contribution in [0.3, 0.4) is 0 Å². The second-order valence-corrected chi connectivity index (χ2v) is 9.59. The maximum atomic E-state index is 12.9. The highest BCUT2D eigenvalue weighted by Gasteiger charge is 2.38. The van der Waals surface area contributed by atoms with Gasteiger partial charge in [0, 0.05) is 24.7 Å². The number of carbonyl (C=O) groups excluding carboxylic acids is 2. The molecule has 2 heterocycles. The molecule has 36 heavy (non-hydrogen) atoms. The lowest BCUT2D eigenvalue weighted by atomic mass is 10.1. The number of ether oxygens (including phenoxy) is 1. The molecule has 2 aromatic rings. The van der Waals surface area contributed by atoms with Gasteiger partial charge in [-0.1, -0.05) is 19.8 Å². The molecule has 1 saturated carbocycles. The SMILES string of the molecule is CC[C@@H]1C(=O)N(C)c2cnc(Nc3ccc(C(=O)NC4CCCC4)cc3OCCO)nc2N1C(C)C. The average molecular weight is 497 g/mol. The number of nitrogens with zero attached hydrogens (tertiary/aromatic N) is 4. The summed E-state index contributed by atoms with van der Waals surface area (Å²) in [6.45, 7) is 5.99. The summed E-state index contributed by atoms with van der Waals surface area (Å²) in [7, 11) is 1.74. The molecule has 0 saturated heterocycles. The number of carbonyl (C=O) groups is 2. The quantitative estimate of drug-likeness (QED) is 0.484. The summed E-state index contributed by atoms with van der Waals surface area (Å²) in [5.41, 5.74) is 1.72. The fraction of sp³-hybridized carbons (Fsp3) is 0.538. The van der Waals surface area contributed by atoms with Gasteiger partial charge in [0.05, 0.1) is 18.5 Å². The van der Waals surface area contributed by atoms with Crippen molar-refractivity contribution in [2.75, 3.05) is 35.4 Å². The number of aliphatic hydroxyl groups is 1. The van der Waals surface area contributed by atoms with Crippen molar-refractivity contribution >= 4 is 35.0 Å². The lowest BCUT2D eigenvalue weighted by Gasteiger charge is -2.42. The number of rotatable bonds is 9. The van der Waals surface area contributed by atoms with Gasteiger partial charge in [0.2, 0.25) is 11.9 Å². The van der Waals surface area contributed by atoms with E-state index in [0.717, 1.165) is 25.7 Å². The van der Waals surface area contributed by atoms with Crippen molar-refractivity contribution in [1.82, 2.24) is 15.3 Å². The minimum absolute atomic E-state index is 0.0224. The summed E-state index contributed by atoms with van der Waals surface area (Å²) >= 11 is 0. The first-order valence-electron chi connectivity index (χ1n) is 12.7. The van der Waals surface area contributed by atoms with Crippen LogP contribution in [0.4, 0.5) is 23.1 Å². The van der Waals surface area contributed by atoms with E-state index in [9.17, 15) is 14.7 Å². The Bertz CT molecular complexity index is 1100. The van der Waals surface area contributed by atoms with Crippen LogP contribution in [0.15, 0.2) is 24.4 Å². The van der Waals surface area contributed by atoms with Crippen molar-refractivity contribution in [3.05, 3.63) is 30.0 Å². The second-order valence-electron chi connectivity index (χ2n) is 9.59. The minimum atomic E-state index is -0.300. The Labute approximate surface area is 212 Å². The number of hydrogen-bond donors (Lipinski definition) is 3. The normalized spacial score (nSPS) is 17.9. The summed E-state index contributed by atoms with van der Waals surface area (Å²) in [5.74, 6) is 1.33. The molecule has 1 atom stereocenters. The maximum absolute atomic E-state index is 12.9. The Morgan fingerprint density at radius 1 is 1.28 bits per heavy atom. The smallest absolute Gasteiger partial charge is 0.251 e. The zero-order chi connectivity index (χ0) is 25.8. The molecule has 194 valence electrons. The first-order chi connectivity index (χ1) is 17.3. The van der Waals surface area contributed by atoms with Crippen LogP contribution in [-0.4, -0.2) is 65.3 Å². The summed E-state index contributed by atoms with van der Waals surface area (Å²) in [5, 5.41) is 15.6. The van der Waals surface area contributed by atoms with E-state index in [1.165, 1.54) is 0 Å². The molecule has 1 aliphatic carbocycles. The van der Waals surface area contributed by atoms with Gasteiger partial charge in [-0.3, -0.25) is 9.59 Å². The van der Waals surface area contributed by atoms with Crippen LogP contribution in [0.1, 0.15) is 63.2 Å². The van der Waals surface area contributed by atoms with Gasteiger partial charge in [-0.05, 0) is 51.3 Å². The first-order valence-corrected chi connectivity index (χ1v) is 12.7. The fourth-order valence-electron chi connectivity index (χ4n) is 4.94. The highest BCUT2D eigenvalue weighted by atomic mass is 16.5. The van der Waals surface area contributed by atoms with Crippen LogP contribution in [0.25, 0.3) is 0 Å². The molecule has 0 radical (unpaired) electrons. The van der Waals surface area contributed by atoms with Crippen molar-refractivity contribution < 1.29 is 19.4 Å². The molecular weight excluding hydrogens is 460 g/mol. The van der Waals surface area contributed by atoms with Crippen molar-refractivity contribution in [2.45, 2.75) is 71.0 Å². The number of hydrogen-bond acceptors (Lipinski definition) is 8. The lowest BCUT2D eigenvalue weighted by Crippen LogP contribution is -2.54. The zero-order valence-electron chi connectivity index (χ0n) is 21.5. The van der Waals surface area contributed by atoms with Gasteiger partial charge in [0.15, 0.2) is 5.82 Å². The summed E-state index contributed by atoms with van der Waals surface area (Å²) in [6.07, 6.45) is 6.58. The predicted octanol–water partition coefficient (Wildman–Crippen LogP) is 3.23. The predicted molar refractivity (Wildman–Crippen MR) is 139 cm³/mol. The van der Waals surface area contributed by atoms with Crippen molar-refractivity contribution in [2.24, 2.45) is 0 Å². The fourth-order valence-corrected chi connectivity index (χ4v) is 4.94. The van der Waals surface area contributed by atoms with E-state index in [1.807, 2.05) is 25.7 Å². The van der Waals surface area contributed by atoms with E-state index in [4.69, 9.17) is 9.72 Å². The van der Waals surface area contributed by atoms with Crippen LogP contribution >= 0.6 is 0 Å². The second kappa shape index (κ2) is 11.1. The van der Waals surface area contributed by atoms with Crippen molar-refractivity contribution in [1.29, 1.82) is 0 Å². The number of amides is 2. The molecule has 2 amide bonds. The van der Waals surface area contributed by atoms with Crippen molar-refractivity contribution in [3.63, 3.8) is 0 Å². The largest absolute Gasteiger partial charge is 0.489 e. The average Bonchev–Trinajstić information content (AvgIpc) is 3.38. The van der Waals surface area contributed by atoms with Crippen LogP contribution in [0, 0.1) is 0 Å². The van der Waals surface area contributed by atoms with Crippen molar-refractivity contribution in [3.8, 4) is 5.75 Å². The van der Waals surface area contributed by atoms with Crippen LogP contribution in [-0.2, 0) is 4.79 Å². The highest BCUT2D eigenvalue weighted by Crippen LogP contribution is 2.37. The van der Waals surface area contributed by atoms with E-state index in [-0.39, 0.29) is 43.2 Å². The van der Waals surface area contributed by atoms with E-state index < -0.39 is 0 Å². The number of likely N-dealkylation sites (N-methyl/N-ethyl adjacent to an activating group) is 1.